The van der Waals surface area contributed by atoms with E-state index >= 15 is 0 Å². The first-order chi connectivity index (χ1) is 16.4. The van der Waals surface area contributed by atoms with Crippen molar-refractivity contribution in [3.8, 4) is 5.75 Å². The molecule has 8 nitrogen and oxygen atoms in total. The predicted molar refractivity (Wildman–Crippen MR) is 126 cm³/mol. The first-order valence-corrected chi connectivity index (χ1v) is 11.8. The van der Waals surface area contributed by atoms with Gasteiger partial charge in [-0.1, -0.05) is 17.7 Å². The van der Waals surface area contributed by atoms with Crippen LogP contribution in [0.2, 0.25) is 5.15 Å². The van der Waals surface area contributed by atoms with Crippen molar-refractivity contribution in [1.82, 2.24) is 29.3 Å². The summed E-state index contributed by atoms with van der Waals surface area (Å²) in [4.78, 5) is 14.8. The fraction of sp³-hybridized carbons (Fsp3) is 0.417. The van der Waals surface area contributed by atoms with E-state index in [1.54, 1.807) is 23.6 Å². The van der Waals surface area contributed by atoms with Gasteiger partial charge in [-0.05, 0) is 56.0 Å². The number of likely N-dealkylation sites (tertiary alicyclic amines) is 1. The van der Waals surface area contributed by atoms with Crippen LogP contribution in [0.25, 0.3) is 16.4 Å². The van der Waals surface area contributed by atoms with Gasteiger partial charge in [0.15, 0.2) is 10.8 Å². The van der Waals surface area contributed by atoms with Crippen LogP contribution in [-0.4, -0.2) is 55.0 Å². The maximum absolute atomic E-state index is 14.3. The lowest BCUT2D eigenvalue weighted by Gasteiger charge is -2.58. The van der Waals surface area contributed by atoms with Crippen molar-refractivity contribution in [3.05, 3.63) is 63.7 Å². The Morgan fingerprint density at radius 2 is 2.12 bits per heavy atom. The van der Waals surface area contributed by atoms with Crippen LogP contribution in [-0.2, 0) is 13.5 Å². The molecular formula is C24H24ClFN6O2. The number of ether oxygens (including phenoxy) is 1. The van der Waals surface area contributed by atoms with Crippen molar-refractivity contribution in [3.63, 3.8) is 0 Å². The van der Waals surface area contributed by atoms with Gasteiger partial charge in [0.1, 0.15) is 17.9 Å². The zero-order chi connectivity index (χ0) is 23.4. The molecule has 34 heavy (non-hydrogen) atoms. The molecule has 6 rings (SSSR count). The molecule has 1 spiro atoms. The summed E-state index contributed by atoms with van der Waals surface area (Å²) in [6, 6.07) is 7.20. The van der Waals surface area contributed by atoms with E-state index in [9.17, 15) is 9.18 Å². The number of fused-ring (bicyclic) bond motifs is 2. The predicted octanol–water partition coefficient (Wildman–Crippen LogP) is 3.24. The second kappa shape index (κ2) is 8.02. The molecule has 0 radical (unpaired) electrons. The van der Waals surface area contributed by atoms with Crippen LogP contribution in [0.4, 0.5) is 4.39 Å². The van der Waals surface area contributed by atoms with Gasteiger partial charge in [0, 0.05) is 31.7 Å². The van der Waals surface area contributed by atoms with E-state index in [4.69, 9.17) is 16.3 Å². The van der Waals surface area contributed by atoms with Crippen molar-refractivity contribution in [2.24, 2.45) is 12.5 Å². The molecule has 0 amide bonds. The third-order valence-corrected chi connectivity index (χ3v) is 7.38. The van der Waals surface area contributed by atoms with E-state index in [1.807, 2.05) is 12.1 Å². The molecule has 1 saturated carbocycles. The normalized spacial score (nSPS) is 17.9. The summed E-state index contributed by atoms with van der Waals surface area (Å²) in [6.07, 6.45) is 6.59. The number of rotatable bonds is 6. The Labute approximate surface area is 199 Å². The van der Waals surface area contributed by atoms with Gasteiger partial charge in [0.25, 0.3) is 5.56 Å². The molecule has 0 unspecified atom stereocenters. The molecule has 1 saturated heterocycles. The highest BCUT2D eigenvalue weighted by Crippen LogP contribution is 2.50. The molecule has 1 aromatic carbocycles. The van der Waals surface area contributed by atoms with Gasteiger partial charge in [-0.15, -0.1) is 10.2 Å². The quantitative estimate of drug-likeness (QED) is 0.420. The van der Waals surface area contributed by atoms with Gasteiger partial charge >= 0.3 is 0 Å². The fourth-order valence-corrected chi connectivity index (χ4v) is 5.79. The van der Waals surface area contributed by atoms with Gasteiger partial charge in [0.05, 0.1) is 16.9 Å². The highest BCUT2D eigenvalue weighted by atomic mass is 35.5. The highest BCUT2D eigenvalue weighted by Gasteiger charge is 2.53. The average Bonchev–Trinajstić information content (AvgIpc) is 3.21. The fourth-order valence-electron chi connectivity index (χ4n) is 5.48. The Kier molecular flexibility index (Phi) is 5.07. The lowest BCUT2D eigenvalue weighted by atomic mass is 9.61. The van der Waals surface area contributed by atoms with E-state index in [2.05, 4.69) is 20.2 Å². The smallest absolute Gasteiger partial charge is 0.274 e. The number of aryl methyl sites for hydroxylation is 2. The monoisotopic (exact) mass is 482 g/mol. The summed E-state index contributed by atoms with van der Waals surface area (Å²) >= 11 is 6.33. The lowest BCUT2D eigenvalue weighted by molar-refractivity contribution is -0.118. The van der Waals surface area contributed by atoms with Crippen molar-refractivity contribution in [2.45, 2.75) is 31.8 Å². The number of hydrogen-bond acceptors (Lipinski definition) is 6. The lowest BCUT2D eigenvalue weighted by Crippen LogP contribution is -2.64. The summed E-state index contributed by atoms with van der Waals surface area (Å²) in [5.41, 5.74) is 1.47. The summed E-state index contributed by atoms with van der Waals surface area (Å²) < 4.78 is 23.3. The van der Waals surface area contributed by atoms with E-state index < -0.39 is 0 Å². The number of aromatic nitrogens is 5. The number of benzene rings is 1. The summed E-state index contributed by atoms with van der Waals surface area (Å²) in [7, 11) is 1.59. The average molecular weight is 483 g/mol. The molecule has 1 aliphatic heterocycles. The molecule has 4 aromatic rings. The second-order valence-electron chi connectivity index (χ2n) is 9.60. The Hall–Kier alpha value is -3.04. The van der Waals surface area contributed by atoms with Crippen LogP contribution in [0.15, 0.2) is 41.6 Å². The van der Waals surface area contributed by atoms with E-state index in [0.29, 0.717) is 39.6 Å². The largest absolute Gasteiger partial charge is 0.490 e. The van der Waals surface area contributed by atoms with Gasteiger partial charge in [-0.2, -0.15) is 5.10 Å². The first kappa shape index (κ1) is 21.5. The number of nitrogens with zero attached hydrogens (tertiary/aromatic N) is 6. The van der Waals surface area contributed by atoms with Gasteiger partial charge in [-0.25, -0.2) is 9.07 Å². The van der Waals surface area contributed by atoms with Crippen molar-refractivity contribution in [2.75, 3.05) is 19.6 Å². The van der Waals surface area contributed by atoms with E-state index in [-0.39, 0.29) is 22.6 Å². The van der Waals surface area contributed by atoms with Crippen molar-refractivity contribution in [1.29, 1.82) is 0 Å². The minimum atomic E-state index is -0.215. The molecule has 0 N–H and O–H groups in total. The van der Waals surface area contributed by atoms with Crippen molar-refractivity contribution < 1.29 is 9.13 Å². The second-order valence-corrected chi connectivity index (χ2v) is 9.96. The molecular weight excluding hydrogens is 459 g/mol. The molecule has 2 fully saturated rings. The number of pyridine rings is 1. The molecule has 0 bridgehead atoms. The standard InChI is InChI=1S/C24H24ClFN6O2/c1-30-23(33)17-5-2-6-19(21(17)22(25)29-30)34-16-9-24(10-16)12-31(13-24)7-3-4-15-8-20-28-27-14-32(20)11-18(15)26/h2,5-6,8,11,14,16H,3-4,7,9-10,12-13H2,1H3. The molecule has 0 atom stereocenters. The third kappa shape index (κ3) is 3.63. The molecule has 4 heterocycles. The number of halogens is 2. The third-order valence-electron chi connectivity index (χ3n) is 7.11. The minimum Gasteiger partial charge on any atom is -0.490 e. The molecule has 176 valence electrons. The van der Waals surface area contributed by atoms with Crippen molar-refractivity contribution >= 4 is 28.0 Å². The van der Waals surface area contributed by atoms with Crippen LogP contribution in [0.3, 0.4) is 0 Å². The van der Waals surface area contributed by atoms with Gasteiger partial charge in [0.2, 0.25) is 0 Å². The van der Waals surface area contributed by atoms with E-state index in [0.717, 1.165) is 38.9 Å². The van der Waals surface area contributed by atoms with Crippen LogP contribution in [0, 0.1) is 11.2 Å². The van der Waals surface area contributed by atoms with Crippen LogP contribution in [0.5, 0.6) is 5.75 Å². The highest BCUT2D eigenvalue weighted by molar-refractivity contribution is 6.34. The molecule has 10 heteroatoms. The molecule has 1 aliphatic carbocycles. The topological polar surface area (TPSA) is 77.6 Å². The summed E-state index contributed by atoms with van der Waals surface area (Å²) in [5, 5.41) is 13.3. The number of hydrogen-bond donors (Lipinski definition) is 0. The van der Waals surface area contributed by atoms with Gasteiger partial charge in [-0.3, -0.25) is 9.20 Å². The maximum atomic E-state index is 14.3. The zero-order valence-electron chi connectivity index (χ0n) is 18.7. The minimum absolute atomic E-state index is 0.108. The molecule has 2 aliphatic rings. The van der Waals surface area contributed by atoms with Crippen LogP contribution >= 0.6 is 11.6 Å². The van der Waals surface area contributed by atoms with Gasteiger partial charge < -0.3 is 9.64 Å². The van der Waals surface area contributed by atoms with Crippen LogP contribution < -0.4 is 10.3 Å². The zero-order valence-corrected chi connectivity index (χ0v) is 19.5. The summed E-state index contributed by atoms with van der Waals surface area (Å²) in [6.45, 7) is 3.02. The van der Waals surface area contributed by atoms with Crippen LogP contribution in [0.1, 0.15) is 24.8 Å². The molecule has 3 aromatic heterocycles. The Balaban J connectivity index is 1.02. The Morgan fingerprint density at radius 3 is 2.94 bits per heavy atom. The Morgan fingerprint density at radius 1 is 1.29 bits per heavy atom. The van der Waals surface area contributed by atoms with E-state index in [1.165, 1.54) is 17.2 Å². The Bertz CT molecular complexity index is 1450. The first-order valence-electron chi connectivity index (χ1n) is 11.4. The maximum Gasteiger partial charge on any atom is 0.274 e. The SMILES string of the molecule is Cn1nc(Cl)c2c(OC3CC4(C3)CN(CCCc3cc5nncn5cc3F)C4)cccc2c1=O. The summed E-state index contributed by atoms with van der Waals surface area (Å²) in [5.74, 6) is 0.406.